The number of halogens is 1. The molecule has 0 saturated heterocycles. The molecule has 4 nitrogen and oxygen atoms in total. The highest BCUT2D eigenvalue weighted by molar-refractivity contribution is 6.31. The minimum absolute atomic E-state index is 0.238. The molecule has 2 unspecified atom stereocenters. The van der Waals surface area contributed by atoms with Crippen LogP contribution in [0.15, 0.2) is 0 Å². The predicted octanol–water partition coefficient (Wildman–Crippen LogP) is 2.45. The molecule has 0 saturated carbocycles. The van der Waals surface area contributed by atoms with Crippen LogP contribution in [0.5, 0.6) is 0 Å². The predicted molar refractivity (Wildman–Crippen MR) is 76.5 cm³/mol. The molecule has 0 fully saturated rings. The summed E-state index contributed by atoms with van der Waals surface area (Å²) in [6.45, 7) is 6.48. The monoisotopic (exact) mass is 272 g/mol. The van der Waals surface area contributed by atoms with E-state index in [0.29, 0.717) is 5.92 Å². The minimum atomic E-state index is 0.238. The molecule has 3 N–H and O–H groups in total. The van der Waals surface area contributed by atoms with Crippen LogP contribution in [0.2, 0.25) is 5.02 Å². The minimum Gasteiger partial charge on any atom is -0.271 e. The van der Waals surface area contributed by atoms with Crippen LogP contribution in [0.25, 0.3) is 0 Å². The zero-order chi connectivity index (χ0) is 13.7. The van der Waals surface area contributed by atoms with E-state index in [1.807, 2.05) is 11.7 Å². The van der Waals surface area contributed by atoms with Gasteiger partial charge in [0.15, 0.2) is 0 Å². The molecule has 5 heteroatoms. The van der Waals surface area contributed by atoms with E-state index < -0.39 is 0 Å². The zero-order valence-electron chi connectivity index (χ0n) is 11.8. The van der Waals surface area contributed by atoms with E-state index in [0.717, 1.165) is 35.7 Å². The van der Waals surface area contributed by atoms with Gasteiger partial charge in [-0.25, -0.2) is 0 Å². The fourth-order valence-electron chi connectivity index (χ4n) is 2.33. The van der Waals surface area contributed by atoms with Gasteiger partial charge in [-0.2, -0.15) is 5.10 Å². The van der Waals surface area contributed by atoms with Crippen LogP contribution in [0.1, 0.15) is 45.0 Å². The topological polar surface area (TPSA) is 55.9 Å². The molecule has 18 heavy (non-hydrogen) atoms. The number of hydrogen-bond donors (Lipinski definition) is 2. The van der Waals surface area contributed by atoms with Crippen molar-refractivity contribution in [2.24, 2.45) is 18.8 Å². The van der Waals surface area contributed by atoms with Crippen molar-refractivity contribution in [1.29, 1.82) is 0 Å². The Bertz CT molecular complexity index is 375. The second-order valence-corrected chi connectivity index (χ2v) is 5.31. The number of hydrogen-bond acceptors (Lipinski definition) is 3. The van der Waals surface area contributed by atoms with Crippen molar-refractivity contribution in [2.45, 2.75) is 52.5 Å². The quantitative estimate of drug-likeness (QED) is 0.592. The third-order valence-corrected chi connectivity index (χ3v) is 4.00. The average molecular weight is 273 g/mol. The highest BCUT2D eigenvalue weighted by Gasteiger charge is 2.21. The number of nitrogens with one attached hydrogen (secondary N) is 1. The van der Waals surface area contributed by atoms with Crippen LogP contribution in [-0.4, -0.2) is 15.8 Å². The van der Waals surface area contributed by atoms with Crippen molar-refractivity contribution in [3.8, 4) is 0 Å². The van der Waals surface area contributed by atoms with Crippen LogP contribution >= 0.6 is 11.6 Å². The molecule has 1 aromatic heterocycles. The summed E-state index contributed by atoms with van der Waals surface area (Å²) in [6.07, 6.45) is 4.00. The third-order valence-electron chi connectivity index (χ3n) is 3.56. The second-order valence-electron chi connectivity index (χ2n) is 4.93. The van der Waals surface area contributed by atoms with Gasteiger partial charge in [0.2, 0.25) is 0 Å². The molecule has 0 aliphatic rings. The van der Waals surface area contributed by atoms with Crippen molar-refractivity contribution >= 4 is 11.6 Å². The van der Waals surface area contributed by atoms with Gasteiger partial charge < -0.3 is 0 Å². The first-order valence-electron chi connectivity index (χ1n) is 6.71. The molecule has 0 radical (unpaired) electrons. The van der Waals surface area contributed by atoms with Crippen molar-refractivity contribution in [3.63, 3.8) is 0 Å². The molecule has 0 amide bonds. The van der Waals surface area contributed by atoms with Crippen LogP contribution in [0.3, 0.4) is 0 Å². The smallest absolute Gasteiger partial charge is 0.0850 e. The SMILES string of the molecule is CCCC(C)C(Cc1c(Cl)c(CC)nn1C)NN. The molecule has 0 aliphatic carbocycles. The summed E-state index contributed by atoms with van der Waals surface area (Å²) in [6, 6.07) is 0.238. The maximum absolute atomic E-state index is 6.36. The van der Waals surface area contributed by atoms with Gasteiger partial charge in [0, 0.05) is 19.5 Å². The van der Waals surface area contributed by atoms with E-state index in [1.165, 1.54) is 6.42 Å². The number of rotatable bonds is 7. The van der Waals surface area contributed by atoms with Gasteiger partial charge in [-0.1, -0.05) is 38.8 Å². The first kappa shape index (κ1) is 15.5. The summed E-state index contributed by atoms with van der Waals surface area (Å²) >= 11 is 6.36. The molecule has 1 aromatic rings. The van der Waals surface area contributed by atoms with Crippen LogP contribution in [0, 0.1) is 5.92 Å². The maximum atomic E-state index is 6.36. The molecule has 0 bridgehead atoms. The Morgan fingerprint density at radius 3 is 2.56 bits per heavy atom. The lowest BCUT2D eigenvalue weighted by Crippen LogP contribution is -2.42. The molecule has 0 aromatic carbocycles. The molecule has 104 valence electrons. The largest absolute Gasteiger partial charge is 0.271 e. The Morgan fingerprint density at radius 2 is 2.11 bits per heavy atom. The van der Waals surface area contributed by atoms with Gasteiger partial charge in [-0.3, -0.25) is 16.0 Å². The zero-order valence-corrected chi connectivity index (χ0v) is 12.6. The standard InChI is InChI=1S/C13H25ClN4/c1-5-7-9(3)11(16-15)8-12-13(14)10(6-2)17-18(12)4/h9,11,16H,5-8,15H2,1-4H3. The van der Waals surface area contributed by atoms with Gasteiger partial charge in [-0.15, -0.1) is 0 Å². The lowest BCUT2D eigenvalue weighted by Gasteiger charge is -2.23. The van der Waals surface area contributed by atoms with Gasteiger partial charge in [0.25, 0.3) is 0 Å². The van der Waals surface area contributed by atoms with Gasteiger partial charge in [-0.05, 0) is 18.8 Å². The van der Waals surface area contributed by atoms with E-state index in [1.54, 1.807) is 0 Å². The number of hydrazine groups is 1. The normalized spacial score (nSPS) is 14.8. The molecular weight excluding hydrogens is 248 g/mol. The van der Waals surface area contributed by atoms with Crippen LogP contribution in [-0.2, 0) is 19.9 Å². The lowest BCUT2D eigenvalue weighted by atomic mass is 9.93. The lowest BCUT2D eigenvalue weighted by molar-refractivity contribution is 0.351. The summed E-state index contributed by atoms with van der Waals surface area (Å²) in [4.78, 5) is 0. The summed E-state index contributed by atoms with van der Waals surface area (Å²) in [5.41, 5.74) is 4.95. The number of nitrogens with two attached hydrogens (primary N) is 1. The van der Waals surface area contributed by atoms with E-state index in [9.17, 15) is 0 Å². The maximum Gasteiger partial charge on any atom is 0.0850 e. The summed E-state index contributed by atoms with van der Waals surface area (Å²) < 4.78 is 1.88. The molecule has 1 rings (SSSR count). The highest BCUT2D eigenvalue weighted by atomic mass is 35.5. The molecule has 0 spiro atoms. The van der Waals surface area contributed by atoms with Crippen LogP contribution in [0.4, 0.5) is 0 Å². The molecule has 1 heterocycles. The first-order chi connectivity index (χ1) is 8.54. The van der Waals surface area contributed by atoms with Gasteiger partial charge >= 0.3 is 0 Å². The van der Waals surface area contributed by atoms with Crippen molar-refractivity contribution in [3.05, 3.63) is 16.4 Å². The number of aryl methyl sites for hydroxylation is 2. The van der Waals surface area contributed by atoms with Gasteiger partial charge in [0.05, 0.1) is 16.4 Å². The van der Waals surface area contributed by atoms with E-state index >= 15 is 0 Å². The molecule has 0 aliphatic heterocycles. The Hall–Kier alpha value is -0.580. The fraction of sp³-hybridized carbons (Fsp3) is 0.769. The fourth-order valence-corrected chi connectivity index (χ4v) is 2.70. The highest BCUT2D eigenvalue weighted by Crippen LogP contribution is 2.24. The van der Waals surface area contributed by atoms with E-state index in [2.05, 4.69) is 31.3 Å². The van der Waals surface area contributed by atoms with Gasteiger partial charge in [0.1, 0.15) is 0 Å². The molecular formula is C13H25ClN4. The van der Waals surface area contributed by atoms with Crippen molar-refractivity contribution in [1.82, 2.24) is 15.2 Å². The molecule has 2 atom stereocenters. The summed E-state index contributed by atoms with van der Waals surface area (Å²) in [5.74, 6) is 6.19. The Labute approximate surface area is 115 Å². The van der Waals surface area contributed by atoms with E-state index in [-0.39, 0.29) is 6.04 Å². The number of aromatic nitrogens is 2. The Morgan fingerprint density at radius 1 is 1.44 bits per heavy atom. The Balaban J connectivity index is 2.84. The van der Waals surface area contributed by atoms with E-state index in [4.69, 9.17) is 17.4 Å². The number of nitrogens with zero attached hydrogens (tertiary/aromatic N) is 2. The Kier molecular flexibility index (Phi) is 6.12. The van der Waals surface area contributed by atoms with Crippen molar-refractivity contribution in [2.75, 3.05) is 0 Å². The first-order valence-corrected chi connectivity index (χ1v) is 7.09. The second kappa shape index (κ2) is 7.12. The third kappa shape index (κ3) is 3.46. The van der Waals surface area contributed by atoms with Crippen molar-refractivity contribution < 1.29 is 0 Å². The average Bonchev–Trinajstić information content (AvgIpc) is 2.62. The summed E-state index contributed by atoms with van der Waals surface area (Å²) in [7, 11) is 1.94. The summed E-state index contributed by atoms with van der Waals surface area (Å²) in [5, 5.41) is 5.23. The van der Waals surface area contributed by atoms with Crippen LogP contribution < -0.4 is 11.3 Å².